The van der Waals surface area contributed by atoms with Crippen molar-refractivity contribution in [3.05, 3.63) is 23.8 Å². The van der Waals surface area contributed by atoms with Crippen LogP contribution in [0, 0.1) is 5.92 Å². The van der Waals surface area contributed by atoms with Crippen LogP contribution in [0.1, 0.15) is 24.4 Å². The van der Waals surface area contributed by atoms with Gasteiger partial charge in [0.05, 0.1) is 12.6 Å². The molecule has 1 aromatic rings. The van der Waals surface area contributed by atoms with Gasteiger partial charge in [0, 0.05) is 19.8 Å². The van der Waals surface area contributed by atoms with Crippen LogP contribution in [0.25, 0.3) is 0 Å². The number of ether oxygens (including phenoxy) is 4. The molecule has 5 heteroatoms. The molecule has 2 heterocycles. The highest BCUT2D eigenvalue weighted by molar-refractivity contribution is 5.45. The lowest BCUT2D eigenvalue weighted by molar-refractivity contribution is 0.0156. The zero-order chi connectivity index (χ0) is 14.5. The van der Waals surface area contributed by atoms with Gasteiger partial charge in [0.25, 0.3) is 0 Å². The van der Waals surface area contributed by atoms with Crippen LogP contribution in [0.15, 0.2) is 18.2 Å². The Hall–Kier alpha value is -1.30. The van der Waals surface area contributed by atoms with Gasteiger partial charge in [-0.3, -0.25) is 0 Å². The Bertz CT molecular complexity index is 460. The van der Waals surface area contributed by atoms with Crippen molar-refractivity contribution in [2.24, 2.45) is 5.92 Å². The Morgan fingerprint density at radius 1 is 1.24 bits per heavy atom. The van der Waals surface area contributed by atoms with Crippen LogP contribution in [-0.2, 0) is 9.47 Å². The van der Waals surface area contributed by atoms with Gasteiger partial charge in [0.2, 0.25) is 6.79 Å². The van der Waals surface area contributed by atoms with Gasteiger partial charge >= 0.3 is 0 Å². The van der Waals surface area contributed by atoms with Gasteiger partial charge < -0.3 is 24.3 Å². The fraction of sp³-hybridized carbons (Fsp3) is 0.625. The molecule has 0 saturated carbocycles. The molecule has 0 spiro atoms. The van der Waals surface area contributed by atoms with Crippen molar-refractivity contribution in [2.45, 2.75) is 18.9 Å². The van der Waals surface area contributed by atoms with Gasteiger partial charge in [-0.1, -0.05) is 6.07 Å². The van der Waals surface area contributed by atoms with Crippen molar-refractivity contribution in [2.75, 3.05) is 40.3 Å². The molecule has 1 saturated heterocycles. The molecule has 1 unspecified atom stereocenters. The maximum atomic E-state index is 5.91. The highest BCUT2D eigenvalue weighted by Crippen LogP contribution is 2.34. The van der Waals surface area contributed by atoms with Gasteiger partial charge in [-0.2, -0.15) is 0 Å². The Kier molecular flexibility index (Phi) is 4.95. The number of benzene rings is 1. The minimum atomic E-state index is 0.166. The topological polar surface area (TPSA) is 49.0 Å². The van der Waals surface area contributed by atoms with Crippen LogP contribution >= 0.6 is 0 Å². The Balaban J connectivity index is 1.52. The lowest BCUT2D eigenvalue weighted by atomic mass is 10.0. The first-order valence-corrected chi connectivity index (χ1v) is 7.59. The molecule has 2 aliphatic rings. The quantitative estimate of drug-likeness (QED) is 0.870. The van der Waals surface area contributed by atoms with E-state index in [1.807, 2.05) is 19.2 Å². The van der Waals surface area contributed by atoms with Crippen molar-refractivity contribution >= 4 is 0 Å². The second kappa shape index (κ2) is 7.11. The number of fused-ring (bicyclic) bond motifs is 1. The minimum absolute atomic E-state index is 0.166. The van der Waals surface area contributed by atoms with E-state index < -0.39 is 0 Å². The van der Waals surface area contributed by atoms with Crippen molar-refractivity contribution in [1.29, 1.82) is 0 Å². The molecule has 0 aromatic heterocycles. The highest BCUT2D eigenvalue weighted by Gasteiger charge is 2.18. The first kappa shape index (κ1) is 14.6. The molecule has 1 N–H and O–H groups in total. The van der Waals surface area contributed by atoms with E-state index in [1.165, 1.54) is 0 Å². The van der Waals surface area contributed by atoms with E-state index in [4.69, 9.17) is 18.9 Å². The van der Waals surface area contributed by atoms with Crippen LogP contribution in [0.2, 0.25) is 0 Å². The molecule has 21 heavy (non-hydrogen) atoms. The molecule has 116 valence electrons. The van der Waals surface area contributed by atoms with E-state index in [0.717, 1.165) is 49.7 Å². The van der Waals surface area contributed by atoms with E-state index in [-0.39, 0.29) is 6.04 Å². The summed E-state index contributed by atoms with van der Waals surface area (Å²) in [5, 5.41) is 3.30. The number of hydrogen-bond donors (Lipinski definition) is 1. The summed E-state index contributed by atoms with van der Waals surface area (Å²) in [6.45, 7) is 3.51. The highest BCUT2D eigenvalue weighted by atomic mass is 16.7. The molecule has 3 rings (SSSR count). The van der Waals surface area contributed by atoms with Gasteiger partial charge in [-0.05, 0) is 43.5 Å². The summed E-state index contributed by atoms with van der Waals surface area (Å²) in [4.78, 5) is 0. The predicted molar refractivity (Wildman–Crippen MR) is 78.7 cm³/mol. The molecule has 1 atom stereocenters. The summed E-state index contributed by atoms with van der Waals surface area (Å²) >= 11 is 0. The smallest absolute Gasteiger partial charge is 0.231 e. The molecule has 1 fully saturated rings. The SMILES string of the molecule is CNC(COCC1CCOCC1)c1ccc2c(c1)OCO2. The van der Waals surface area contributed by atoms with E-state index in [2.05, 4.69) is 11.4 Å². The summed E-state index contributed by atoms with van der Waals surface area (Å²) in [6.07, 6.45) is 2.21. The molecule has 5 nitrogen and oxygen atoms in total. The minimum Gasteiger partial charge on any atom is -0.454 e. The monoisotopic (exact) mass is 293 g/mol. The molecule has 0 amide bonds. The van der Waals surface area contributed by atoms with Gasteiger partial charge in [-0.25, -0.2) is 0 Å². The van der Waals surface area contributed by atoms with Gasteiger partial charge in [0.1, 0.15) is 0 Å². The fourth-order valence-electron chi connectivity index (χ4n) is 2.74. The second-order valence-corrected chi connectivity index (χ2v) is 5.55. The summed E-state index contributed by atoms with van der Waals surface area (Å²) < 4.78 is 22.0. The third kappa shape index (κ3) is 3.67. The fourth-order valence-corrected chi connectivity index (χ4v) is 2.74. The van der Waals surface area contributed by atoms with E-state index in [1.54, 1.807) is 0 Å². The van der Waals surface area contributed by atoms with Crippen molar-refractivity contribution in [1.82, 2.24) is 5.32 Å². The van der Waals surface area contributed by atoms with Crippen LogP contribution in [0.3, 0.4) is 0 Å². The molecule has 0 aliphatic carbocycles. The van der Waals surface area contributed by atoms with Gasteiger partial charge in [-0.15, -0.1) is 0 Å². The van der Waals surface area contributed by atoms with Crippen LogP contribution < -0.4 is 14.8 Å². The average Bonchev–Trinajstić information content (AvgIpc) is 3.00. The molecule has 0 bridgehead atoms. The molecule has 1 aromatic carbocycles. The number of nitrogens with one attached hydrogen (secondary N) is 1. The normalized spacial score (nSPS) is 19.7. The Morgan fingerprint density at radius 3 is 2.86 bits per heavy atom. The lowest BCUT2D eigenvalue weighted by Crippen LogP contribution is -2.25. The van der Waals surface area contributed by atoms with E-state index >= 15 is 0 Å². The van der Waals surface area contributed by atoms with Crippen molar-refractivity contribution < 1.29 is 18.9 Å². The summed E-state index contributed by atoms with van der Waals surface area (Å²) in [5.41, 5.74) is 1.16. The third-order valence-electron chi connectivity index (χ3n) is 4.13. The number of rotatable bonds is 6. The van der Waals surface area contributed by atoms with E-state index in [0.29, 0.717) is 19.3 Å². The third-order valence-corrected chi connectivity index (χ3v) is 4.13. The predicted octanol–water partition coefficient (Wildman–Crippen LogP) is 2.12. The number of hydrogen-bond acceptors (Lipinski definition) is 5. The number of likely N-dealkylation sites (N-methyl/N-ethyl adjacent to an activating group) is 1. The Morgan fingerprint density at radius 2 is 2.05 bits per heavy atom. The average molecular weight is 293 g/mol. The largest absolute Gasteiger partial charge is 0.454 e. The standard InChI is InChI=1S/C16H23NO4/c1-17-14(10-19-9-12-4-6-18-7-5-12)13-2-3-15-16(8-13)21-11-20-15/h2-3,8,12,14,17H,4-7,9-11H2,1H3. The first-order chi connectivity index (χ1) is 10.4. The van der Waals surface area contributed by atoms with Crippen LogP contribution in [0.5, 0.6) is 11.5 Å². The second-order valence-electron chi connectivity index (χ2n) is 5.55. The van der Waals surface area contributed by atoms with Crippen LogP contribution in [0.4, 0.5) is 0 Å². The Labute approximate surface area is 125 Å². The molecule has 0 radical (unpaired) electrons. The zero-order valence-electron chi connectivity index (χ0n) is 12.5. The maximum Gasteiger partial charge on any atom is 0.231 e. The summed E-state index contributed by atoms with van der Waals surface area (Å²) in [5.74, 6) is 2.27. The molecule has 2 aliphatic heterocycles. The molecular formula is C16H23NO4. The lowest BCUT2D eigenvalue weighted by Gasteiger charge is -2.23. The molecular weight excluding hydrogens is 270 g/mol. The van der Waals surface area contributed by atoms with Crippen molar-refractivity contribution in [3.63, 3.8) is 0 Å². The van der Waals surface area contributed by atoms with Crippen LogP contribution in [-0.4, -0.2) is 40.3 Å². The van der Waals surface area contributed by atoms with Crippen molar-refractivity contribution in [3.8, 4) is 11.5 Å². The maximum absolute atomic E-state index is 5.91. The summed E-state index contributed by atoms with van der Waals surface area (Å²) in [7, 11) is 1.95. The van der Waals surface area contributed by atoms with Gasteiger partial charge in [0.15, 0.2) is 11.5 Å². The first-order valence-electron chi connectivity index (χ1n) is 7.59. The summed E-state index contributed by atoms with van der Waals surface area (Å²) in [6, 6.07) is 6.22. The zero-order valence-corrected chi connectivity index (χ0v) is 12.5. The van der Waals surface area contributed by atoms with E-state index in [9.17, 15) is 0 Å².